The second kappa shape index (κ2) is 3.27. The lowest BCUT2D eigenvalue weighted by molar-refractivity contribution is 0.101. The molecule has 0 aliphatic heterocycles. The summed E-state index contributed by atoms with van der Waals surface area (Å²) in [7, 11) is 0. The van der Waals surface area contributed by atoms with Gasteiger partial charge in [0.05, 0.1) is 11.3 Å². The molecule has 0 N–H and O–H groups in total. The lowest BCUT2D eigenvalue weighted by Gasteiger charge is -1.99. The number of halogens is 1. The Bertz CT molecular complexity index is 304. The molecule has 3 nitrogen and oxygen atoms in total. The van der Waals surface area contributed by atoms with Crippen LogP contribution in [0.15, 0.2) is 4.52 Å². The number of aromatic nitrogens is 1. The van der Waals surface area contributed by atoms with Crippen LogP contribution in [0.25, 0.3) is 0 Å². The van der Waals surface area contributed by atoms with E-state index >= 15 is 0 Å². The smallest absolute Gasteiger partial charge is 0.237 e. The van der Waals surface area contributed by atoms with Gasteiger partial charge in [0.25, 0.3) is 0 Å². The van der Waals surface area contributed by atoms with Crippen molar-refractivity contribution in [2.45, 2.75) is 26.7 Å². The summed E-state index contributed by atoms with van der Waals surface area (Å²) in [6.45, 7) is 5.31. The molecule has 12 heavy (non-hydrogen) atoms. The molecule has 0 aliphatic rings. The van der Waals surface area contributed by atoms with Gasteiger partial charge in [-0.1, -0.05) is 19.0 Å². The van der Waals surface area contributed by atoms with E-state index in [4.69, 9.17) is 16.1 Å². The summed E-state index contributed by atoms with van der Waals surface area (Å²) in [4.78, 5) is 11.1. The fourth-order valence-corrected chi connectivity index (χ4v) is 1.26. The van der Waals surface area contributed by atoms with Crippen LogP contribution in [-0.2, 0) is 0 Å². The zero-order chi connectivity index (χ0) is 9.30. The monoisotopic (exact) mass is 187 g/mol. The van der Waals surface area contributed by atoms with Crippen molar-refractivity contribution in [3.63, 3.8) is 0 Å². The van der Waals surface area contributed by atoms with Gasteiger partial charge in [-0.05, 0) is 24.4 Å². The average Bonchev–Trinajstić information content (AvgIpc) is 2.30. The van der Waals surface area contributed by atoms with E-state index < -0.39 is 0 Å². The van der Waals surface area contributed by atoms with Crippen LogP contribution in [0.2, 0.25) is 5.22 Å². The first-order chi connectivity index (χ1) is 5.54. The quantitative estimate of drug-likeness (QED) is 0.669. The number of carbonyl (C=O) groups is 1. The molecule has 0 aromatic carbocycles. The molecular formula is C8H10ClNO2. The lowest BCUT2D eigenvalue weighted by Crippen LogP contribution is -1.99. The molecule has 0 saturated carbocycles. The average molecular weight is 188 g/mol. The molecular weight excluding hydrogens is 178 g/mol. The van der Waals surface area contributed by atoms with Crippen molar-refractivity contribution in [2.24, 2.45) is 0 Å². The van der Waals surface area contributed by atoms with Gasteiger partial charge in [0.15, 0.2) is 5.78 Å². The first-order valence-corrected chi connectivity index (χ1v) is 4.07. The fraction of sp³-hybridized carbons (Fsp3) is 0.500. The lowest BCUT2D eigenvalue weighted by atomic mass is 10.0. The molecule has 0 fully saturated rings. The van der Waals surface area contributed by atoms with Crippen LogP contribution in [0.3, 0.4) is 0 Å². The van der Waals surface area contributed by atoms with E-state index in [0.717, 1.165) is 0 Å². The second-order valence-corrected chi connectivity index (χ2v) is 3.27. The Labute approximate surface area is 75.7 Å². The van der Waals surface area contributed by atoms with Crippen LogP contribution in [-0.4, -0.2) is 10.9 Å². The maximum atomic E-state index is 11.1. The van der Waals surface area contributed by atoms with Crippen LogP contribution in [0.4, 0.5) is 0 Å². The summed E-state index contributed by atoms with van der Waals surface area (Å²) in [6, 6.07) is 0. The minimum Gasteiger partial charge on any atom is -0.343 e. The third-order valence-corrected chi connectivity index (χ3v) is 1.83. The van der Waals surface area contributed by atoms with Crippen LogP contribution in [0.5, 0.6) is 0 Å². The van der Waals surface area contributed by atoms with Crippen molar-refractivity contribution in [1.82, 2.24) is 5.16 Å². The molecule has 66 valence electrons. The van der Waals surface area contributed by atoms with Gasteiger partial charge >= 0.3 is 0 Å². The van der Waals surface area contributed by atoms with E-state index in [0.29, 0.717) is 11.3 Å². The Morgan fingerprint density at radius 1 is 1.58 bits per heavy atom. The highest BCUT2D eigenvalue weighted by Gasteiger charge is 2.20. The number of ketones is 1. The van der Waals surface area contributed by atoms with Crippen molar-refractivity contribution in [3.05, 3.63) is 16.5 Å². The Kier molecular flexibility index (Phi) is 2.52. The van der Waals surface area contributed by atoms with Crippen LogP contribution < -0.4 is 0 Å². The molecule has 0 saturated heterocycles. The Hall–Kier alpha value is -0.830. The standard InChI is InChI=1S/C8H10ClNO2/c1-4(2)7-6(5(3)11)8(9)12-10-7/h4H,1-3H3. The van der Waals surface area contributed by atoms with Gasteiger partial charge < -0.3 is 4.52 Å². The molecule has 1 aromatic rings. The molecule has 4 heteroatoms. The predicted molar refractivity (Wildman–Crippen MR) is 45.6 cm³/mol. The predicted octanol–water partition coefficient (Wildman–Crippen LogP) is 2.65. The third-order valence-electron chi connectivity index (χ3n) is 1.58. The minimum atomic E-state index is -0.107. The van der Waals surface area contributed by atoms with E-state index in [1.54, 1.807) is 0 Å². The summed E-state index contributed by atoms with van der Waals surface area (Å²) in [6.07, 6.45) is 0. The number of hydrogen-bond donors (Lipinski definition) is 0. The number of hydrogen-bond acceptors (Lipinski definition) is 3. The Morgan fingerprint density at radius 3 is 2.50 bits per heavy atom. The highest BCUT2D eigenvalue weighted by Crippen LogP contribution is 2.25. The molecule has 1 rings (SSSR count). The van der Waals surface area contributed by atoms with Gasteiger partial charge in [-0.2, -0.15) is 0 Å². The summed E-state index contributed by atoms with van der Waals surface area (Å²) in [5.74, 6) is 0.0464. The fourth-order valence-electron chi connectivity index (χ4n) is 0.994. The van der Waals surface area contributed by atoms with Crippen LogP contribution in [0.1, 0.15) is 42.7 Å². The molecule has 1 aromatic heterocycles. The first-order valence-electron chi connectivity index (χ1n) is 3.70. The highest BCUT2D eigenvalue weighted by molar-refractivity contribution is 6.32. The van der Waals surface area contributed by atoms with Gasteiger partial charge in [-0.3, -0.25) is 4.79 Å². The molecule has 0 unspecified atom stereocenters. The van der Waals surface area contributed by atoms with Gasteiger partial charge in [-0.15, -0.1) is 0 Å². The van der Waals surface area contributed by atoms with E-state index in [1.807, 2.05) is 13.8 Å². The summed E-state index contributed by atoms with van der Waals surface area (Å²) >= 11 is 5.63. The van der Waals surface area contributed by atoms with E-state index in [9.17, 15) is 4.79 Å². The summed E-state index contributed by atoms with van der Waals surface area (Å²) in [5, 5.41) is 3.80. The number of Topliss-reactive ketones (excluding diaryl/α,β-unsaturated/α-hetero) is 1. The van der Waals surface area contributed by atoms with Gasteiger partial charge in [0, 0.05) is 0 Å². The van der Waals surface area contributed by atoms with E-state index in [2.05, 4.69) is 5.16 Å². The van der Waals surface area contributed by atoms with Gasteiger partial charge in [0.1, 0.15) is 0 Å². The zero-order valence-electron chi connectivity index (χ0n) is 7.22. The van der Waals surface area contributed by atoms with Crippen molar-refractivity contribution in [2.75, 3.05) is 0 Å². The molecule has 0 amide bonds. The number of nitrogens with zero attached hydrogens (tertiary/aromatic N) is 1. The highest BCUT2D eigenvalue weighted by atomic mass is 35.5. The maximum absolute atomic E-state index is 11.1. The molecule has 0 bridgehead atoms. The third kappa shape index (κ3) is 1.50. The van der Waals surface area contributed by atoms with Gasteiger partial charge in [0.2, 0.25) is 5.22 Å². The molecule has 0 atom stereocenters. The molecule has 0 radical (unpaired) electrons. The van der Waals surface area contributed by atoms with Crippen molar-refractivity contribution in [3.8, 4) is 0 Å². The van der Waals surface area contributed by atoms with Crippen LogP contribution >= 0.6 is 11.6 Å². The Balaban J connectivity index is 3.21. The van der Waals surface area contributed by atoms with Crippen molar-refractivity contribution in [1.29, 1.82) is 0 Å². The zero-order valence-corrected chi connectivity index (χ0v) is 7.97. The topological polar surface area (TPSA) is 43.1 Å². The molecule has 0 spiro atoms. The summed E-state index contributed by atoms with van der Waals surface area (Å²) in [5.41, 5.74) is 1.04. The molecule has 0 aliphatic carbocycles. The van der Waals surface area contributed by atoms with Gasteiger partial charge in [-0.25, -0.2) is 0 Å². The van der Waals surface area contributed by atoms with Crippen molar-refractivity contribution < 1.29 is 9.32 Å². The largest absolute Gasteiger partial charge is 0.343 e. The first kappa shape index (κ1) is 9.26. The minimum absolute atomic E-state index is 0.0891. The molecule has 1 heterocycles. The normalized spacial score (nSPS) is 10.8. The Morgan fingerprint density at radius 2 is 2.17 bits per heavy atom. The number of carbonyl (C=O) groups excluding carboxylic acids is 1. The number of rotatable bonds is 2. The maximum Gasteiger partial charge on any atom is 0.237 e. The SMILES string of the molecule is CC(=O)c1c(C(C)C)noc1Cl. The second-order valence-electron chi connectivity index (χ2n) is 2.93. The van der Waals surface area contributed by atoms with Crippen LogP contribution in [0, 0.1) is 0 Å². The van der Waals surface area contributed by atoms with Crippen molar-refractivity contribution >= 4 is 17.4 Å². The van der Waals surface area contributed by atoms with E-state index in [1.165, 1.54) is 6.92 Å². The van der Waals surface area contributed by atoms with E-state index in [-0.39, 0.29) is 16.9 Å². The summed E-state index contributed by atoms with van der Waals surface area (Å²) < 4.78 is 4.71.